The molecule has 6 nitrogen and oxygen atoms in total. The molecule has 0 amide bonds. The molecule has 18 heavy (non-hydrogen) atoms. The molecule has 0 unspecified atom stereocenters. The van der Waals surface area contributed by atoms with Crippen LogP contribution in [0.3, 0.4) is 0 Å². The number of nitrogens with zero attached hydrogens (tertiary/aromatic N) is 2. The highest BCUT2D eigenvalue weighted by Crippen LogP contribution is 2.15. The first-order valence-electron chi connectivity index (χ1n) is 5.02. The van der Waals surface area contributed by atoms with E-state index in [1.165, 1.54) is 11.6 Å². The fourth-order valence-electron chi connectivity index (χ4n) is 1.76. The Labute approximate surface area is 109 Å². The van der Waals surface area contributed by atoms with Crippen LogP contribution < -0.4 is 11.2 Å². The Morgan fingerprint density at radius 2 is 2.06 bits per heavy atom. The zero-order chi connectivity index (χ0) is 13.4. The normalized spacial score (nSPS) is 10.8. The predicted octanol–water partition coefficient (Wildman–Crippen LogP) is 0.547. The molecule has 0 fully saturated rings. The second-order valence-corrected chi connectivity index (χ2v) is 4.70. The Bertz CT molecular complexity index is 760. The van der Waals surface area contributed by atoms with Gasteiger partial charge in [-0.05, 0) is 18.2 Å². The number of aliphatic carboxylic acids is 1. The number of hydrogen-bond acceptors (Lipinski definition) is 3. The van der Waals surface area contributed by atoms with E-state index in [-0.39, 0.29) is 0 Å². The molecule has 0 saturated carbocycles. The van der Waals surface area contributed by atoms with Gasteiger partial charge >= 0.3 is 11.7 Å². The smallest absolute Gasteiger partial charge is 0.331 e. The van der Waals surface area contributed by atoms with Gasteiger partial charge in [-0.25, -0.2) is 9.36 Å². The third-order valence-corrected chi connectivity index (χ3v) is 3.10. The monoisotopic (exact) mass is 312 g/mol. The number of carboxylic acids is 1. The molecule has 2 aromatic rings. The van der Waals surface area contributed by atoms with E-state index >= 15 is 0 Å². The lowest BCUT2D eigenvalue weighted by molar-refractivity contribution is -0.137. The van der Waals surface area contributed by atoms with Crippen LogP contribution in [-0.4, -0.2) is 20.2 Å². The number of rotatable bonds is 2. The van der Waals surface area contributed by atoms with Crippen molar-refractivity contribution in [3.63, 3.8) is 0 Å². The quantitative estimate of drug-likeness (QED) is 0.878. The Kier molecular flexibility index (Phi) is 3.08. The lowest BCUT2D eigenvalue weighted by Crippen LogP contribution is -2.40. The van der Waals surface area contributed by atoms with Crippen LogP contribution in [0.25, 0.3) is 10.9 Å². The van der Waals surface area contributed by atoms with Gasteiger partial charge in [0.05, 0.1) is 10.9 Å². The van der Waals surface area contributed by atoms with E-state index in [0.717, 1.165) is 0 Å². The Balaban J connectivity index is 2.93. The molecule has 2 rings (SSSR count). The van der Waals surface area contributed by atoms with Crippen molar-refractivity contribution in [1.29, 1.82) is 0 Å². The van der Waals surface area contributed by atoms with E-state index < -0.39 is 23.8 Å². The van der Waals surface area contributed by atoms with Crippen LogP contribution in [0.4, 0.5) is 0 Å². The maximum atomic E-state index is 12.1. The van der Waals surface area contributed by atoms with E-state index in [4.69, 9.17) is 5.11 Å². The van der Waals surface area contributed by atoms with Crippen LogP contribution in [0.2, 0.25) is 0 Å². The van der Waals surface area contributed by atoms with E-state index in [1.807, 2.05) is 0 Å². The summed E-state index contributed by atoms with van der Waals surface area (Å²) in [5, 5.41) is 9.02. The molecule has 1 heterocycles. The zero-order valence-electron chi connectivity index (χ0n) is 9.38. The number of carbonyl (C=O) groups is 1. The second kappa shape index (κ2) is 4.41. The number of aromatic nitrogens is 2. The van der Waals surface area contributed by atoms with Crippen molar-refractivity contribution in [2.75, 3.05) is 0 Å². The van der Waals surface area contributed by atoms with Gasteiger partial charge in [-0.1, -0.05) is 15.9 Å². The van der Waals surface area contributed by atoms with Gasteiger partial charge in [0.15, 0.2) is 0 Å². The summed E-state index contributed by atoms with van der Waals surface area (Å²) in [5.74, 6) is -1.23. The van der Waals surface area contributed by atoms with Crippen molar-refractivity contribution in [3.05, 3.63) is 43.5 Å². The minimum Gasteiger partial charge on any atom is -0.480 e. The number of benzene rings is 1. The summed E-state index contributed by atoms with van der Waals surface area (Å²) in [4.78, 5) is 34.6. The van der Waals surface area contributed by atoms with Crippen LogP contribution in [0.15, 0.2) is 32.3 Å². The number of hydrogen-bond donors (Lipinski definition) is 1. The van der Waals surface area contributed by atoms with Crippen molar-refractivity contribution >= 4 is 32.8 Å². The Hall–Kier alpha value is -1.89. The Morgan fingerprint density at radius 1 is 1.39 bits per heavy atom. The minimum atomic E-state index is -1.23. The molecular weight excluding hydrogens is 304 g/mol. The summed E-state index contributed by atoms with van der Waals surface area (Å²) in [6.45, 7) is -0.645. The van der Waals surface area contributed by atoms with Gasteiger partial charge in [0, 0.05) is 11.5 Å². The van der Waals surface area contributed by atoms with E-state index in [1.54, 1.807) is 18.2 Å². The molecule has 1 aromatic heterocycles. The first-order valence-corrected chi connectivity index (χ1v) is 5.82. The van der Waals surface area contributed by atoms with Gasteiger partial charge in [-0.2, -0.15) is 0 Å². The molecule has 0 spiro atoms. The largest absolute Gasteiger partial charge is 0.480 e. The maximum absolute atomic E-state index is 12.1. The van der Waals surface area contributed by atoms with E-state index in [9.17, 15) is 14.4 Å². The molecule has 0 saturated heterocycles. The van der Waals surface area contributed by atoms with Gasteiger partial charge in [0.1, 0.15) is 6.54 Å². The van der Waals surface area contributed by atoms with Gasteiger partial charge < -0.3 is 5.11 Å². The summed E-state index contributed by atoms with van der Waals surface area (Å²) < 4.78 is 2.65. The molecule has 0 radical (unpaired) electrons. The first kappa shape index (κ1) is 12.6. The van der Waals surface area contributed by atoms with Gasteiger partial charge in [0.25, 0.3) is 5.56 Å². The standard InChI is InChI=1S/C11H9BrN2O4/c1-13-8-3-2-6(12)4-7(8)10(17)14(11(13)18)5-9(15)16/h2-4H,5H2,1H3,(H,15,16). The lowest BCUT2D eigenvalue weighted by atomic mass is 10.2. The van der Waals surface area contributed by atoms with Crippen molar-refractivity contribution in [2.24, 2.45) is 7.05 Å². The van der Waals surface area contributed by atoms with Crippen molar-refractivity contribution in [2.45, 2.75) is 6.54 Å². The van der Waals surface area contributed by atoms with Crippen LogP contribution in [0, 0.1) is 0 Å². The summed E-state index contributed by atoms with van der Waals surface area (Å²) in [6, 6.07) is 4.91. The molecule has 1 aromatic carbocycles. The highest BCUT2D eigenvalue weighted by atomic mass is 79.9. The molecule has 7 heteroatoms. The third-order valence-electron chi connectivity index (χ3n) is 2.61. The van der Waals surface area contributed by atoms with Crippen LogP contribution in [-0.2, 0) is 18.4 Å². The lowest BCUT2D eigenvalue weighted by Gasteiger charge is -2.09. The molecule has 0 bridgehead atoms. The average molecular weight is 313 g/mol. The first-order chi connectivity index (χ1) is 8.41. The number of aryl methyl sites for hydroxylation is 1. The van der Waals surface area contributed by atoms with E-state index in [2.05, 4.69) is 15.9 Å². The highest BCUT2D eigenvalue weighted by molar-refractivity contribution is 9.10. The fraction of sp³-hybridized carbons (Fsp3) is 0.182. The fourth-order valence-corrected chi connectivity index (χ4v) is 2.12. The molecular formula is C11H9BrN2O4. The van der Waals surface area contributed by atoms with Crippen molar-refractivity contribution in [1.82, 2.24) is 9.13 Å². The van der Waals surface area contributed by atoms with Gasteiger partial charge in [0.2, 0.25) is 0 Å². The topological polar surface area (TPSA) is 81.3 Å². The van der Waals surface area contributed by atoms with E-state index in [0.29, 0.717) is 19.9 Å². The molecule has 0 atom stereocenters. The third kappa shape index (κ3) is 1.97. The molecule has 0 aliphatic heterocycles. The number of fused-ring (bicyclic) bond motifs is 1. The minimum absolute atomic E-state index is 0.299. The number of carboxylic acid groups (broad SMARTS) is 1. The SMILES string of the molecule is Cn1c(=O)n(CC(=O)O)c(=O)c2cc(Br)ccc21. The summed E-state index contributed by atoms with van der Waals surface area (Å²) >= 11 is 3.23. The number of halogens is 1. The van der Waals surface area contributed by atoms with Gasteiger partial charge in [-0.3, -0.25) is 14.2 Å². The maximum Gasteiger partial charge on any atom is 0.331 e. The van der Waals surface area contributed by atoms with Crippen LogP contribution in [0.5, 0.6) is 0 Å². The molecule has 0 aliphatic rings. The summed E-state index contributed by atoms with van der Waals surface area (Å²) in [6.07, 6.45) is 0. The van der Waals surface area contributed by atoms with Crippen LogP contribution in [0.1, 0.15) is 0 Å². The second-order valence-electron chi connectivity index (χ2n) is 3.79. The zero-order valence-corrected chi connectivity index (χ0v) is 11.0. The predicted molar refractivity (Wildman–Crippen MR) is 68.8 cm³/mol. The van der Waals surface area contributed by atoms with Gasteiger partial charge in [-0.15, -0.1) is 0 Å². The molecule has 0 aliphatic carbocycles. The Morgan fingerprint density at radius 3 is 2.67 bits per heavy atom. The molecule has 1 N–H and O–H groups in total. The average Bonchev–Trinajstić information content (AvgIpc) is 2.31. The highest BCUT2D eigenvalue weighted by Gasteiger charge is 2.13. The van der Waals surface area contributed by atoms with Crippen molar-refractivity contribution < 1.29 is 9.90 Å². The van der Waals surface area contributed by atoms with Crippen molar-refractivity contribution in [3.8, 4) is 0 Å². The summed E-state index contributed by atoms with van der Waals surface area (Å²) in [5.41, 5.74) is -0.774. The summed E-state index contributed by atoms with van der Waals surface area (Å²) in [7, 11) is 1.50. The van der Waals surface area contributed by atoms with Crippen LogP contribution >= 0.6 is 15.9 Å². The molecule has 94 valence electrons.